The van der Waals surface area contributed by atoms with Crippen molar-refractivity contribution in [3.05, 3.63) is 99.1 Å². The number of nitrogens with one attached hydrogen (secondary N) is 2. The summed E-state index contributed by atoms with van der Waals surface area (Å²) in [5.74, 6) is 3.79. The molecule has 12 nitrogen and oxygen atoms in total. The van der Waals surface area contributed by atoms with Crippen LogP contribution in [0.5, 0.6) is 0 Å². The highest BCUT2D eigenvalue weighted by Gasteiger charge is 2.13. The molecule has 0 aliphatic rings. The molecule has 0 aliphatic heterocycles. The van der Waals surface area contributed by atoms with Crippen LogP contribution in [0.4, 0.5) is 0 Å². The molecule has 0 fully saturated rings. The SMILES string of the molecule is O.O.[N-]=C=c1c(=O)c(=O)c(=C=[N-])c(=O)c1=O.c1cnc(-c2[nH+]ccc[nH+]2)nc1. The van der Waals surface area contributed by atoms with Gasteiger partial charge in [-0.1, -0.05) is 0 Å². The van der Waals surface area contributed by atoms with Gasteiger partial charge in [-0.05, 0) is 6.07 Å². The second-order valence-electron chi connectivity index (χ2n) is 4.55. The van der Waals surface area contributed by atoms with Crippen LogP contribution in [0.3, 0.4) is 0 Å². The summed E-state index contributed by atoms with van der Waals surface area (Å²) >= 11 is 0. The standard InChI is InChI=1S/C8H6N4.C8N2O4.2H2O/c1-3-9-7(10-4-1)8-11-5-2-6-12-8;9-1-3-5(11)7(13)4(2-10)8(14)6(3)12;;/h1-6H;;2*1H2/q;-2;;/p+2. The lowest BCUT2D eigenvalue weighted by molar-refractivity contribution is -0.510. The van der Waals surface area contributed by atoms with Crippen molar-refractivity contribution >= 4 is 11.7 Å². The summed E-state index contributed by atoms with van der Waals surface area (Å²) in [7, 11) is 0. The third-order valence-corrected chi connectivity index (χ3v) is 2.98. The molecular formula is C16H12N6O6. The molecule has 0 bridgehead atoms. The minimum Gasteiger partial charge on any atom is -0.763 e. The van der Waals surface area contributed by atoms with E-state index in [0.717, 1.165) is 17.6 Å². The molecule has 0 amide bonds. The van der Waals surface area contributed by atoms with Gasteiger partial charge in [0, 0.05) is 12.4 Å². The second-order valence-corrected chi connectivity index (χ2v) is 4.55. The first kappa shape index (κ1) is 23.7. The normalized spacial score (nSPS) is 8.71. The number of H-pyrrole nitrogens is 2. The lowest BCUT2D eigenvalue weighted by atomic mass is 10.2. The van der Waals surface area contributed by atoms with Gasteiger partial charge < -0.3 is 21.8 Å². The largest absolute Gasteiger partial charge is 0.763 e. The molecule has 0 spiro atoms. The number of nitrogens with zero attached hydrogens (tertiary/aromatic N) is 4. The molecule has 6 N–H and O–H groups in total. The number of benzene rings is 1. The van der Waals surface area contributed by atoms with E-state index in [1.165, 1.54) is 0 Å². The van der Waals surface area contributed by atoms with Gasteiger partial charge in [-0.25, -0.2) is 9.97 Å². The Kier molecular flexibility index (Phi) is 8.96. The van der Waals surface area contributed by atoms with Crippen LogP contribution in [-0.4, -0.2) is 32.7 Å². The van der Waals surface area contributed by atoms with E-state index in [4.69, 9.17) is 10.8 Å². The fraction of sp³-hybridized carbons (Fsp3) is 0. The fourth-order valence-corrected chi connectivity index (χ4v) is 1.77. The van der Waals surface area contributed by atoms with E-state index in [0.29, 0.717) is 5.82 Å². The molecule has 3 aromatic rings. The van der Waals surface area contributed by atoms with Gasteiger partial charge >= 0.3 is 5.82 Å². The molecule has 0 aliphatic carbocycles. The van der Waals surface area contributed by atoms with Crippen molar-refractivity contribution in [2.24, 2.45) is 0 Å². The van der Waals surface area contributed by atoms with Crippen molar-refractivity contribution in [2.45, 2.75) is 0 Å². The molecule has 28 heavy (non-hydrogen) atoms. The van der Waals surface area contributed by atoms with Gasteiger partial charge in [0.25, 0.3) is 5.82 Å². The zero-order valence-corrected chi connectivity index (χ0v) is 13.9. The molecule has 2 heterocycles. The van der Waals surface area contributed by atoms with Gasteiger partial charge in [0.2, 0.25) is 21.7 Å². The van der Waals surface area contributed by atoms with Crippen LogP contribution in [0.1, 0.15) is 0 Å². The molecule has 3 rings (SSSR count). The van der Waals surface area contributed by atoms with Crippen LogP contribution < -0.4 is 42.1 Å². The summed E-state index contributed by atoms with van der Waals surface area (Å²) in [6, 6.07) is 3.65. The third-order valence-electron chi connectivity index (χ3n) is 2.98. The van der Waals surface area contributed by atoms with E-state index in [-0.39, 0.29) is 11.0 Å². The van der Waals surface area contributed by atoms with E-state index in [1.807, 2.05) is 18.5 Å². The van der Waals surface area contributed by atoms with Gasteiger partial charge in [0.15, 0.2) is 12.4 Å². The minimum absolute atomic E-state index is 0. The zero-order chi connectivity index (χ0) is 19.1. The summed E-state index contributed by atoms with van der Waals surface area (Å²) in [4.78, 5) is 57.9. The summed E-state index contributed by atoms with van der Waals surface area (Å²) < 4.78 is 0. The summed E-state index contributed by atoms with van der Waals surface area (Å²) in [5, 5.41) is 14.5. The predicted molar refractivity (Wildman–Crippen MR) is 95.9 cm³/mol. The van der Waals surface area contributed by atoms with Crippen molar-refractivity contribution in [3.8, 4) is 11.6 Å². The molecule has 0 saturated heterocycles. The molecule has 0 radical (unpaired) electrons. The smallest absolute Gasteiger partial charge is 0.486 e. The quantitative estimate of drug-likeness (QED) is 0.292. The highest BCUT2D eigenvalue weighted by molar-refractivity contribution is 5.58. The summed E-state index contributed by atoms with van der Waals surface area (Å²) in [5.41, 5.74) is -5.58. The lowest BCUT2D eigenvalue weighted by Crippen LogP contribution is -2.64. The Balaban J connectivity index is 0.000000489. The maximum atomic E-state index is 10.9. The van der Waals surface area contributed by atoms with E-state index in [2.05, 4.69) is 19.9 Å². The Labute approximate surface area is 154 Å². The van der Waals surface area contributed by atoms with Gasteiger partial charge in [-0.15, -0.1) is 0 Å². The summed E-state index contributed by atoms with van der Waals surface area (Å²) in [6.45, 7) is 0. The zero-order valence-electron chi connectivity index (χ0n) is 13.9. The number of aromatic amines is 2. The minimum atomic E-state index is -1.39. The first-order valence-electron chi connectivity index (χ1n) is 6.89. The van der Waals surface area contributed by atoms with Crippen LogP contribution in [0.2, 0.25) is 0 Å². The van der Waals surface area contributed by atoms with Crippen LogP contribution in [0.25, 0.3) is 22.5 Å². The summed E-state index contributed by atoms with van der Waals surface area (Å²) in [6.07, 6.45) is 7.05. The first-order valence-corrected chi connectivity index (χ1v) is 6.89. The van der Waals surface area contributed by atoms with E-state index in [1.54, 1.807) is 18.5 Å². The Morgan fingerprint density at radius 1 is 0.714 bits per heavy atom. The van der Waals surface area contributed by atoms with Crippen LogP contribution in [0.15, 0.2) is 56.1 Å². The van der Waals surface area contributed by atoms with Gasteiger partial charge in [-0.2, -0.15) is 9.97 Å². The Morgan fingerprint density at radius 3 is 1.46 bits per heavy atom. The third kappa shape index (κ3) is 4.85. The number of rotatable bonds is 1. The van der Waals surface area contributed by atoms with Gasteiger partial charge in [-0.3, -0.25) is 30.9 Å². The fourth-order valence-electron chi connectivity index (χ4n) is 1.77. The number of aromatic nitrogens is 4. The average molecular weight is 384 g/mol. The van der Waals surface area contributed by atoms with E-state index >= 15 is 0 Å². The maximum absolute atomic E-state index is 10.9. The number of hydrogen-bond donors (Lipinski definition) is 0. The van der Waals surface area contributed by atoms with E-state index < -0.39 is 32.2 Å². The highest BCUT2D eigenvalue weighted by atomic mass is 16.2. The van der Waals surface area contributed by atoms with Crippen LogP contribution >= 0.6 is 0 Å². The molecular weight excluding hydrogens is 372 g/mol. The van der Waals surface area contributed by atoms with Crippen LogP contribution in [0, 0.1) is 0 Å². The first-order chi connectivity index (χ1) is 12.5. The Hall–Kier alpha value is -4.34. The number of hydrogen-bond acceptors (Lipinski definition) is 6. The van der Waals surface area contributed by atoms with Crippen molar-refractivity contribution in [1.82, 2.24) is 9.97 Å². The topological polar surface area (TPSA) is 230 Å². The average Bonchev–Trinajstić information content (AvgIpc) is 2.69. The van der Waals surface area contributed by atoms with Crippen LogP contribution in [-0.2, 0) is 0 Å². The molecule has 1 aromatic carbocycles. The maximum Gasteiger partial charge on any atom is 0.486 e. The lowest BCUT2D eigenvalue weighted by Gasteiger charge is -1.84. The van der Waals surface area contributed by atoms with Crippen molar-refractivity contribution < 1.29 is 20.9 Å². The van der Waals surface area contributed by atoms with Crippen molar-refractivity contribution in [3.63, 3.8) is 0 Å². The highest BCUT2D eigenvalue weighted by Crippen LogP contribution is 1.96. The predicted octanol–water partition coefficient (Wildman–Crippen LogP) is -6.05. The molecule has 0 atom stereocenters. The van der Waals surface area contributed by atoms with Gasteiger partial charge in [0.1, 0.15) is 0 Å². The monoisotopic (exact) mass is 384 g/mol. The van der Waals surface area contributed by atoms with E-state index in [9.17, 15) is 19.2 Å². The molecule has 0 unspecified atom stereocenters. The molecule has 142 valence electrons. The van der Waals surface area contributed by atoms with Crippen molar-refractivity contribution in [1.29, 1.82) is 0 Å². The van der Waals surface area contributed by atoms with Crippen molar-refractivity contribution in [2.75, 3.05) is 0 Å². The molecule has 2 aromatic heterocycles. The Morgan fingerprint density at radius 2 is 1.11 bits per heavy atom. The molecule has 0 saturated carbocycles. The van der Waals surface area contributed by atoms with Gasteiger partial charge in [0.05, 0.1) is 16.5 Å². The second kappa shape index (κ2) is 10.6. The molecule has 12 heteroatoms. The Bertz CT molecular complexity index is 1160.